The van der Waals surface area contributed by atoms with E-state index >= 15 is 0 Å². The van der Waals surface area contributed by atoms with E-state index in [0.29, 0.717) is 24.4 Å². The molecular weight excluding hydrogens is 322 g/mol. The predicted octanol–water partition coefficient (Wildman–Crippen LogP) is 2.60. The molecule has 2 aromatic rings. The van der Waals surface area contributed by atoms with Gasteiger partial charge >= 0.3 is 0 Å². The van der Waals surface area contributed by atoms with Gasteiger partial charge in [0.15, 0.2) is 0 Å². The topological polar surface area (TPSA) is 84.7 Å². The molecule has 132 valence electrons. The van der Waals surface area contributed by atoms with E-state index in [0.717, 1.165) is 11.1 Å². The van der Waals surface area contributed by atoms with Crippen LogP contribution in [0.2, 0.25) is 0 Å². The minimum atomic E-state index is -0.416. The maximum Gasteiger partial charge on any atom is 0.270 e. The van der Waals surface area contributed by atoms with Gasteiger partial charge in [0.25, 0.3) is 11.6 Å². The van der Waals surface area contributed by atoms with Crippen molar-refractivity contribution in [3.63, 3.8) is 0 Å². The van der Waals surface area contributed by atoms with E-state index in [-0.39, 0.29) is 11.6 Å². The van der Waals surface area contributed by atoms with Gasteiger partial charge < -0.3 is 10.1 Å². The van der Waals surface area contributed by atoms with Gasteiger partial charge in [0.1, 0.15) is 5.75 Å². The van der Waals surface area contributed by atoms with Gasteiger partial charge in [-0.2, -0.15) is 0 Å². The third-order valence-corrected chi connectivity index (χ3v) is 3.81. The molecule has 1 N–H and O–H groups in total. The highest BCUT2D eigenvalue weighted by atomic mass is 16.6. The van der Waals surface area contributed by atoms with Crippen LogP contribution >= 0.6 is 0 Å². The molecule has 0 aliphatic heterocycles. The Balaban J connectivity index is 2.09. The van der Waals surface area contributed by atoms with Crippen molar-refractivity contribution >= 4 is 11.6 Å². The average Bonchev–Trinajstić information content (AvgIpc) is 2.61. The fraction of sp³-hybridized carbons (Fsp3) is 0.278. The number of non-ortho nitro benzene ring substituents is 1. The number of carbonyl (C=O) groups is 1. The highest BCUT2D eigenvalue weighted by Gasteiger charge is 2.13. The van der Waals surface area contributed by atoms with Gasteiger partial charge in [-0.15, -0.1) is 0 Å². The van der Waals surface area contributed by atoms with Gasteiger partial charge in [0.05, 0.1) is 12.0 Å². The van der Waals surface area contributed by atoms with Crippen LogP contribution in [0.3, 0.4) is 0 Å². The molecule has 25 heavy (non-hydrogen) atoms. The van der Waals surface area contributed by atoms with E-state index in [1.165, 1.54) is 12.1 Å². The van der Waals surface area contributed by atoms with Crippen LogP contribution in [-0.4, -0.2) is 36.9 Å². The van der Waals surface area contributed by atoms with Crippen LogP contribution in [0.1, 0.15) is 21.5 Å². The molecule has 0 bridgehead atoms. The summed E-state index contributed by atoms with van der Waals surface area (Å²) in [4.78, 5) is 24.1. The van der Waals surface area contributed by atoms with Crippen molar-refractivity contribution in [1.82, 2.24) is 10.2 Å². The van der Waals surface area contributed by atoms with Crippen molar-refractivity contribution in [2.75, 3.05) is 21.2 Å². The number of nitrogens with zero attached hydrogens (tertiary/aromatic N) is 2. The number of benzene rings is 2. The van der Waals surface area contributed by atoms with Crippen LogP contribution in [0, 0.1) is 10.1 Å². The van der Waals surface area contributed by atoms with Gasteiger partial charge in [0.2, 0.25) is 0 Å². The lowest BCUT2D eigenvalue weighted by Crippen LogP contribution is -2.19. The maximum absolute atomic E-state index is 11.6. The summed E-state index contributed by atoms with van der Waals surface area (Å²) in [6.07, 6.45) is 0. The van der Waals surface area contributed by atoms with E-state index in [1.54, 1.807) is 32.4 Å². The number of rotatable bonds is 7. The second-order valence-corrected chi connectivity index (χ2v) is 5.70. The summed E-state index contributed by atoms with van der Waals surface area (Å²) in [6.45, 7) is 1.14. The molecule has 1 amide bonds. The van der Waals surface area contributed by atoms with Gasteiger partial charge in [-0.3, -0.25) is 19.8 Å². The van der Waals surface area contributed by atoms with Crippen molar-refractivity contribution < 1.29 is 14.5 Å². The largest absolute Gasteiger partial charge is 0.496 e. The highest BCUT2D eigenvalue weighted by Crippen LogP contribution is 2.25. The third kappa shape index (κ3) is 4.77. The zero-order valence-electron chi connectivity index (χ0n) is 14.5. The molecule has 7 nitrogen and oxygen atoms in total. The molecule has 0 spiro atoms. The Morgan fingerprint density at radius 1 is 1.20 bits per heavy atom. The number of carbonyl (C=O) groups excluding carboxylic acids is 1. The number of nitro benzene ring substituents is 1. The first-order chi connectivity index (χ1) is 11.9. The van der Waals surface area contributed by atoms with Crippen molar-refractivity contribution in [2.45, 2.75) is 13.1 Å². The lowest BCUT2D eigenvalue weighted by Gasteiger charge is -2.18. The van der Waals surface area contributed by atoms with Gasteiger partial charge in [-0.25, -0.2) is 0 Å². The second-order valence-electron chi connectivity index (χ2n) is 5.70. The molecular formula is C18H21N3O4. The quantitative estimate of drug-likeness (QED) is 0.617. The van der Waals surface area contributed by atoms with Gasteiger partial charge in [-0.05, 0) is 30.8 Å². The van der Waals surface area contributed by atoms with E-state index in [9.17, 15) is 14.9 Å². The molecule has 7 heteroatoms. The first kappa shape index (κ1) is 18.4. The molecule has 0 fully saturated rings. The number of methoxy groups -OCH3 is 1. The van der Waals surface area contributed by atoms with E-state index in [1.807, 2.05) is 24.1 Å². The Morgan fingerprint density at radius 2 is 1.88 bits per heavy atom. The molecule has 2 aromatic carbocycles. The van der Waals surface area contributed by atoms with Crippen molar-refractivity contribution in [2.24, 2.45) is 0 Å². The molecule has 0 aliphatic rings. The molecule has 0 aromatic heterocycles. The molecule has 0 unspecified atom stereocenters. The predicted molar refractivity (Wildman–Crippen MR) is 94.7 cm³/mol. The Hall–Kier alpha value is -2.93. The second kappa shape index (κ2) is 8.25. The van der Waals surface area contributed by atoms with E-state index < -0.39 is 4.92 Å². The molecule has 0 atom stereocenters. The Labute approximate surface area is 146 Å². The summed E-state index contributed by atoms with van der Waals surface area (Å²) < 4.78 is 5.29. The van der Waals surface area contributed by atoms with E-state index in [2.05, 4.69) is 5.32 Å². The van der Waals surface area contributed by atoms with Crippen LogP contribution in [0.5, 0.6) is 5.75 Å². The number of hydrogen-bond acceptors (Lipinski definition) is 5. The van der Waals surface area contributed by atoms with Crippen molar-refractivity contribution in [3.05, 3.63) is 69.3 Å². The van der Waals surface area contributed by atoms with Crippen molar-refractivity contribution in [3.8, 4) is 5.75 Å². The fourth-order valence-corrected chi connectivity index (χ4v) is 2.57. The van der Waals surface area contributed by atoms with Gasteiger partial charge in [-0.1, -0.05) is 12.1 Å². The molecule has 0 radical (unpaired) electrons. The smallest absolute Gasteiger partial charge is 0.270 e. The number of nitrogens with one attached hydrogen (secondary N) is 1. The van der Waals surface area contributed by atoms with Crippen LogP contribution < -0.4 is 10.1 Å². The fourth-order valence-electron chi connectivity index (χ4n) is 2.57. The highest BCUT2D eigenvalue weighted by molar-refractivity contribution is 5.93. The molecule has 0 saturated heterocycles. The summed E-state index contributed by atoms with van der Waals surface area (Å²) in [5.41, 5.74) is 2.44. The normalized spacial score (nSPS) is 10.6. The number of hydrogen-bond donors (Lipinski definition) is 1. The summed E-state index contributed by atoms with van der Waals surface area (Å²) in [5, 5.41) is 13.5. The maximum atomic E-state index is 11.6. The van der Waals surface area contributed by atoms with Crippen LogP contribution in [-0.2, 0) is 13.1 Å². The minimum absolute atomic E-state index is 0.0409. The lowest BCUT2D eigenvalue weighted by atomic mass is 10.1. The number of ether oxygens (including phenoxy) is 1. The summed E-state index contributed by atoms with van der Waals surface area (Å²) in [6, 6.07) is 11.9. The number of nitro groups is 1. The third-order valence-electron chi connectivity index (χ3n) is 3.81. The summed E-state index contributed by atoms with van der Waals surface area (Å²) >= 11 is 0. The van der Waals surface area contributed by atoms with Crippen molar-refractivity contribution in [1.29, 1.82) is 0 Å². The SMILES string of the molecule is CNC(=O)c1ccc(CN(C)Cc2cc([N+](=O)[O-])ccc2OC)cc1. The first-order valence-electron chi connectivity index (χ1n) is 7.75. The Bertz CT molecular complexity index is 759. The van der Waals surface area contributed by atoms with Gasteiger partial charge in [0, 0.05) is 43.4 Å². The molecule has 0 aliphatic carbocycles. The average molecular weight is 343 g/mol. The van der Waals surface area contributed by atoms with Crippen LogP contribution in [0.15, 0.2) is 42.5 Å². The summed E-state index contributed by atoms with van der Waals surface area (Å²) in [7, 11) is 5.06. The lowest BCUT2D eigenvalue weighted by molar-refractivity contribution is -0.384. The number of amides is 1. The summed E-state index contributed by atoms with van der Waals surface area (Å²) in [5.74, 6) is 0.494. The van der Waals surface area contributed by atoms with Crippen LogP contribution in [0.4, 0.5) is 5.69 Å². The Morgan fingerprint density at radius 3 is 2.44 bits per heavy atom. The monoisotopic (exact) mass is 343 g/mol. The molecule has 0 heterocycles. The molecule has 0 saturated carbocycles. The zero-order valence-corrected chi connectivity index (χ0v) is 14.5. The zero-order chi connectivity index (χ0) is 18.4. The standard InChI is InChI=1S/C18H21N3O4/c1-19-18(22)14-6-4-13(5-7-14)11-20(2)12-15-10-16(21(23)24)8-9-17(15)25-3/h4-10H,11-12H2,1-3H3,(H,19,22). The first-order valence-corrected chi connectivity index (χ1v) is 7.75. The van der Waals surface area contributed by atoms with Crippen LogP contribution in [0.25, 0.3) is 0 Å². The Kier molecular flexibility index (Phi) is 6.08. The minimum Gasteiger partial charge on any atom is -0.496 e. The molecule has 2 rings (SSSR count). The van der Waals surface area contributed by atoms with E-state index in [4.69, 9.17) is 4.74 Å².